The summed E-state index contributed by atoms with van der Waals surface area (Å²) in [5, 5.41) is 9.55. The van der Waals surface area contributed by atoms with Crippen LogP contribution in [0.15, 0.2) is 182 Å². The molecule has 272 valence electrons. The Morgan fingerprint density at radius 2 is 0.931 bits per heavy atom. The molecule has 58 heavy (non-hydrogen) atoms. The standard InChI is InChI=1S/C54H36N4/c1-54(2)46-27-15-13-24-39(46)42-29-30-43-40-25-14-16-28-47(40)58(50(43)49(42)54)35-31-44-38-23-10-9-21-36(38)37-22-11-12-26-41(37)48(44)45(32-35)53-56-51(33-17-5-3-6-18-33)55-52(57-53)34-19-7-4-8-20-34/h3-32H,1-2H3. The Morgan fingerprint density at radius 1 is 0.397 bits per heavy atom. The second-order valence-corrected chi connectivity index (χ2v) is 16.0. The molecule has 0 fully saturated rings. The van der Waals surface area contributed by atoms with E-state index in [1.54, 1.807) is 0 Å². The Labute approximate surface area is 335 Å². The summed E-state index contributed by atoms with van der Waals surface area (Å²) in [6.07, 6.45) is 0. The molecule has 0 atom stereocenters. The van der Waals surface area contributed by atoms with E-state index in [0.29, 0.717) is 17.5 Å². The number of hydrogen-bond donors (Lipinski definition) is 0. The number of rotatable bonds is 4. The Kier molecular flexibility index (Phi) is 6.94. The Balaban J connectivity index is 1.27. The third kappa shape index (κ3) is 4.66. The van der Waals surface area contributed by atoms with Crippen LogP contribution in [-0.2, 0) is 5.41 Å². The fraction of sp³-hybridized carbons (Fsp3) is 0.0556. The van der Waals surface area contributed by atoms with Gasteiger partial charge in [-0.15, -0.1) is 0 Å². The minimum absolute atomic E-state index is 0.219. The van der Waals surface area contributed by atoms with Gasteiger partial charge < -0.3 is 4.57 Å². The highest BCUT2D eigenvalue weighted by atomic mass is 15.0. The lowest BCUT2D eigenvalue weighted by Gasteiger charge is -2.24. The number of para-hydroxylation sites is 1. The van der Waals surface area contributed by atoms with Gasteiger partial charge in [0.15, 0.2) is 17.5 Å². The molecule has 0 unspecified atom stereocenters. The average Bonchev–Trinajstić information content (AvgIpc) is 3.75. The molecule has 0 saturated carbocycles. The maximum atomic E-state index is 5.36. The van der Waals surface area contributed by atoms with Gasteiger partial charge in [0.2, 0.25) is 0 Å². The summed E-state index contributed by atoms with van der Waals surface area (Å²) in [7, 11) is 0. The zero-order valence-corrected chi connectivity index (χ0v) is 32.1. The van der Waals surface area contributed by atoms with Gasteiger partial charge in [0.25, 0.3) is 0 Å². The molecular formula is C54H36N4. The lowest BCUT2D eigenvalue weighted by molar-refractivity contribution is 0.664. The minimum atomic E-state index is -0.219. The van der Waals surface area contributed by atoms with Crippen molar-refractivity contribution in [2.75, 3.05) is 0 Å². The van der Waals surface area contributed by atoms with Crippen molar-refractivity contribution in [2.24, 2.45) is 0 Å². The summed E-state index contributed by atoms with van der Waals surface area (Å²) in [6, 6.07) is 65.3. The highest BCUT2D eigenvalue weighted by Gasteiger charge is 2.38. The first kappa shape index (κ1) is 32.8. The number of nitrogens with zero attached hydrogens (tertiary/aromatic N) is 4. The number of aromatic nitrogens is 4. The van der Waals surface area contributed by atoms with Crippen LogP contribution in [0.3, 0.4) is 0 Å². The van der Waals surface area contributed by atoms with Crippen molar-refractivity contribution < 1.29 is 0 Å². The largest absolute Gasteiger partial charge is 0.309 e. The summed E-state index contributed by atoms with van der Waals surface area (Å²) < 4.78 is 2.52. The van der Waals surface area contributed by atoms with Crippen LogP contribution < -0.4 is 0 Å². The average molecular weight is 741 g/mol. The van der Waals surface area contributed by atoms with Crippen LogP contribution >= 0.6 is 0 Å². The Morgan fingerprint density at radius 3 is 1.62 bits per heavy atom. The monoisotopic (exact) mass is 740 g/mol. The van der Waals surface area contributed by atoms with Gasteiger partial charge in [0.05, 0.1) is 11.0 Å². The molecule has 0 spiro atoms. The maximum Gasteiger partial charge on any atom is 0.164 e. The lowest BCUT2D eigenvalue weighted by Crippen LogP contribution is -2.16. The fourth-order valence-corrected chi connectivity index (χ4v) is 9.83. The van der Waals surface area contributed by atoms with Gasteiger partial charge in [-0.1, -0.05) is 178 Å². The molecule has 4 nitrogen and oxygen atoms in total. The number of hydrogen-bond acceptors (Lipinski definition) is 3. The second-order valence-electron chi connectivity index (χ2n) is 16.0. The van der Waals surface area contributed by atoms with Gasteiger partial charge in [-0.25, -0.2) is 15.0 Å². The van der Waals surface area contributed by atoms with Gasteiger partial charge in [-0.3, -0.25) is 0 Å². The van der Waals surface area contributed by atoms with E-state index >= 15 is 0 Å². The molecule has 0 bridgehead atoms. The summed E-state index contributed by atoms with van der Waals surface area (Å²) in [5.74, 6) is 1.92. The number of benzene rings is 9. The molecule has 2 aromatic heterocycles. The van der Waals surface area contributed by atoms with Crippen molar-refractivity contribution in [2.45, 2.75) is 19.3 Å². The van der Waals surface area contributed by atoms with E-state index in [1.165, 1.54) is 65.6 Å². The molecule has 4 heteroatoms. The summed E-state index contributed by atoms with van der Waals surface area (Å²) in [4.78, 5) is 15.8. The van der Waals surface area contributed by atoms with E-state index < -0.39 is 0 Å². The lowest BCUT2D eigenvalue weighted by atomic mass is 9.81. The zero-order valence-electron chi connectivity index (χ0n) is 32.1. The molecular weight excluding hydrogens is 705 g/mol. The minimum Gasteiger partial charge on any atom is -0.309 e. The first-order valence-corrected chi connectivity index (χ1v) is 20.0. The molecule has 11 aromatic rings. The van der Waals surface area contributed by atoms with Crippen molar-refractivity contribution in [1.29, 1.82) is 0 Å². The first-order valence-electron chi connectivity index (χ1n) is 20.0. The van der Waals surface area contributed by atoms with Crippen LogP contribution in [0.25, 0.3) is 105 Å². The molecule has 0 radical (unpaired) electrons. The van der Waals surface area contributed by atoms with Crippen molar-refractivity contribution >= 4 is 54.1 Å². The molecule has 1 aliphatic carbocycles. The summed E-state index contributed by atoms with van der Waals surface area (Å²) in [5.41, 5.74) is 11.4. The van der Waals surface area contributed by atoms with E-state index in [4.69, 9.17) is 15.0 Å². The molecule has 9 aromatic carbocycles. The molecule has 0 N–H and O–H groups in total. The van der Waals surface area contributed by atoms with Crippen LogP contribution in [0.4, 0.5) is 0 Å². The van der Waals surface area contributed by atoms with Gasteiger partial charge in [0, 0.05) is 44.0 Å². The predicted molar refractivity (Wildman–Crippen MR) is 241 cm³/mol. The van der Waals surface area contributed by atoms with Gasteiger partial charge in [0.1, 0.15) is 0 Å². The SMILES string of the molecule is CC1(C)c2ccccc2-c2ccc3c4ccccc4n(-c4cc(-c5nc(-c6ccccc6)nc(-c6ccccc6)n5)c5c6ccccc6c6ccccc6c5c4)c3c21. The molecule has 0 aliphatic heterocycles. The van der Waals surface area contributed by atoms with Crippen LogP contribution in [-0.4, -0.2) is 19.5 Å². The van der Waals surface area contributed by atoms with E-state index in [0.717, 1.165) is 33.2 Å². The third-order valence-electron chi connectivity index (χ3n) is 12.4. The quantitative estimate of drug-likeness (QED) is 0.169. The Hall–Kier alpha value is -7.43. The van der Waals surface area contributed by atoms with Crippen molar-refractivity contribution in [3.63, 3.8) is 0 Å². The van der Waals surface area contributed by atoms with Crippen molar-refractivity contribution in [1.82, 2.24) is 19.5 Å². The highest BCUT2D eigenvalue weighted by molar-refractivity contribution is 6.29. The highest BCUT2D eigenvalue weighted by Crippen LogP contribution is 2.53. The second kappa shape index (κ2) is 12.3. The fourth-order valence-electron chi connectivity index (χ4n) is 9.83. The van der Waals surface area contributed by atoms with E-state index in [1.807, 2.05) is 36.4 Å². The molecule has 12 rings (SSSR count). The van der Waals surface area contributed by atoms with E-state index in [9.17, 15) is 0 Å². The predicted octanol–water partition coefficient (Wildman–Crippen LogP) is 13.7. The topological polar surface area (TPSA) is 43.6 Å². The van der Waals surface area contributed by atoms with Crippen LogP contribution in [0, 0.1) is 0 Å². The zero-order chi connectivity index (χ0) is 38.5. The van der Waals surface area contributed by atoms with E-state index in [2.05, 4.69) is 164 Å². The summed E-state index contributed by atoms with van der Waals surface area (Å²) >= 11 is 0. The van der Waals surface area contributed by atoms with Gasteiger partial charge >= 0.3 is 0 Å². The molecule has 0 amide bonds. The molecule has 1 aliphatic rings. The van der Waals surface area contributed by atoms with Crippen LogP contribution in [0.1, 0.15) is 25.0 Å². The van der Waals surface area contributed by atoms with Crippen LogP contribution in [0.5, 0.6) is 0 Å². The number of fused-ring (bicyclic) bond motifs is 13. The summed E-state index contributed by atoms with van der Waals surface area (Å²) in [6.45, 7) is 4.76. The Bertz CT molecular complexity index is 3410. The van der Waals surface area contributed by atoms with E-state index in [-0.39, 0.29) is 5.41 Å². The van der Waals surface area contributed by atoms with Gasteiger partial charge in [-0.2, -0.15) is 0 Å². The normalized spacial score (nSPS) is 13.1. The maximum absolute atomic E-state index is 5.36. The van der Waals surface area contributed by atoms with Crippen LogP contribution in [0.2, 0.25) is 0 Å². The first-order chi connectivity index (χ1) is 28.5. The van der Waals surface area contributed by atoms with Gasteiger partial charge in [-0.05, 0) is 67.4 Å². The van der Waals surface area contributed by atoms with Crippen molar-refractivity contribution in [3.05, 3.63) is 193 Å². The van der Waals surface area contributed by atoms with Crippen molar-refractivity contribution in [3.8, 4) is 51.0 Å². The molecule has 0 saturated heterocycles. The smallest absolute Gasteiger partial charge is 0.164 e. The molecule has 2 heterocycles. The third-order valence-corrected chi connectivity index (χ3v) is 12.4.